The normalized spacial score (nSPS) is 14.4. The van der Waals surface area contributed by atoms with Crippen LogP contribution in [-0.4, -0.2) is 66.7 Å². The summed E-state index contributed by atoms with van der Waals surface area (Å²) in [5.74, 6) is 1.40. The molecule has 2 heterocycles. The van der Waals surface area contributed by atoms with Crippen molar-refractivity contribution in [3.05, 3.63) is 59.8 Å². The second-order valence-corrected chi connectivity index (χ2v) is 6.85. The monoisotopic (exact) mass is 411 g/mol. The highest BCUT2D eigenvalue weighted by Gasteiger charge is 2.23. The number of pyridine rings is 1. The molecule has 0 radical (unpaired) electrons. The number of nitrogens with one attached hydrogen (secondary N) is 1. The van der Waals surface area contributed by atoms with Crippen LogP contribution in [0.5, 0.6) is 5.88 Å². The van der Waals surface area contributed by atoms with E-state index in [9.17, 15) is 4.79 Å². The maximum atomic E-state index is 11.9. The molecule has 1 aromatic carbocycles. The first-order chi connectivity index (χ1) is 14.7. The van der Waals surface area contributed by atoms with Crippen molar-refractivity contribution in [3.8, 4) is 5.88 Å². The molecule has 0 atom stereocenters. The topological polar surface area (TPSA) is 79.3 Å². The van der Waals surface area contributed by atoms with E-state index >= 15 is 0 Å². The van der Waals surface area contributed by atoms with Gasteiger partial charge in [-0.05, 0) is 24.1 Å². The van der Waals surface area contributed by atoms with E-state index in [4.69, 9.17) is 9.47 Å². The Kier molecular flexibility index (Phi) is 7.88. The predicted octanol–water partition coefficient (Wildman–Crippen LogP) is 2.51. The van der Waals surface area contributed by atoms with Gasteiger partial charge in [-0.3, -0.25) is 4.99 Å². The highest BCUT2D eigenvalue weighted by atomic mass is 16.6. The van der Waals surface area contributed by atoms with Crippen LogP contribution >= 0.6 is 0 Å². The lowest BCUT2D eigenvalue weighted by molar-refractivity contribution is 0.0914. The molecule has 1 aromatic heterocycles. The number of aromatic nitrogens is 1. The molecule has 2 aromatic rings. The molecule has 1 aliphatic rings. The van der Waals surface area contributed by atoms with Gasteiger partial charge >= 0.3 is 6.09 Å². The Morgan fingerprint density at radius 1 is 1.10 bits per heavy atom. The number of benzene rings is 1. The summed E-state index contributed by atoms with van der Waals surface area (Å²) in [5.41, 5.74) is 2.16. The van der Waals surface area contributed by atoms with E-state index in [1.807, 2.05) is 49.4 Å². The Balaban J connectivity index is 1.49. The lowest BCUT2D eigenvalue weighted by atomic mass is 10.2. The zero-order valence-electron chi connectivity index (χ0n) is 17.6. The summed E-state index contributed by atoms with van der Waals surface area (Å²) in [6.45, 7) is 5.95. The maximum Gasteiger partial charge on any atom is 0.409 e. The Morgan fingerprint density at radius 3 is 2.53 bits per heavy atom. The van der Waals surface area contributed by atoms with Gasteiger partial charge in [0.1, 0.15) is 6.61 Å². The fourth-order valence-corrected chi connectivity index (χ4v) is 3.20. The average molecular weight is 412 g/mol. The van der Waals surface area contributed by atoms with Gasteiger partial charge in [0.15, 0.2) is 5.96 Å². The van der Waals surface area contributed by atoms with E-state index in [0.717, 1.165) is 17.1 Å². The van der Waals surface area contributed by atoms with E-state index in [1.54, 1.807) is 18.1 Å². The zero-order valence-corrected chi connectivity index (χ0v) is 17.6. The molecule has 0 spiro atoms. The number of carbonyl (C=O) groups excluding carboxylic acids is 1. The van der Waals surface area contributed by atoms with Crippen molar-refractivity contribution in [1.29, 1.82) is 0 Å². The Hall–Kier alpha value is -3.29. The third kappa shape index (κ3) is 6.10. The van der Waals surface area contributed by atoms with Crippen molar-refractivity contribution in [3.63, 3.8) is 0 Å². The standard InChI is InChI=1S/C22H29N5O3/c1-3-29-22(28)27-13-11-26(12-14-27)21(23-2)25-16-19-9-10-24-20(15-19)30-17-18-7-5-4-6-8-18/h4-10,15H,3,11-14,16-17H2,1-2H3,(H,23,25). The zero-order chi connectivity index (χ0) is 21.2. The van der Waals surface area contributed by atoms with Crippen LogP contribution in [0.3, 0.4) is 0 Å². The van der Waals surface area contributed by atoms with Crippen molar-refractivity contribution in [2.75, 3.05) is 39.8 Å². The van der Waals surface area contributed by atoms with Crippen molar-refractivity contribution in [1.82, 2.24) is 20.1 Å². The lowest BCUT2D eigenvalue weighted by Crippen LogP contribution is -2.53. The number of piperazine rings is 1. The minimum atomic E-state index is -0.250. The Labute approximate surface area is 177 Å². The van der Waals surface area contributed by atoms with Gasteiger partial charge in [-0.2, -0.15) is 0 Å². The summed E-state index contributed by atoms with van der Waals surface area (Å²) in [4.78, 5) is 24.4. The first-order valence-corrected chi connectivity index (χ1v) is 10.2. The van der Waals surface area contributed by atoms with Crippen LogP contribution in [0.15, 0.2) is 53.7 Å². The number of ether oxygens (including phenoxy) is 2. The second-order valence-electron chi connectivity index (χ2n) is 6.85. The molecule has 160 valence electrons. The Morgan fingerprint density at radius 2 is 1.83 bits per heavy atom. The van der Waals surface area contributed by atoms with Gasteiger partial charge in [0.2, 0.25) is 5.88 Å². The minimum absolute atomic E-state index is 0.250. The molecule has 0 aliphatic carbocycles. The van der Waals surface area contributed by atoms with E-state index in [0.29, 0.717) is 51.8 Å². The lowest BCUT2D eigenvalue weighted by Gasteiger charge is -2.35. The Bertz CT molecular complexity index is 836. The molecule has 1 amide bonds. The molecule has 8 heteroatoms. The van der Waals surface area contributed by atoms with Crippen LogP contribution in [0.25, 0.3) is 0 Å². The molecule has 0 saturated carbocycles. The SMILES string of the molecule is CCOC(=O)N1CCN(C(=NC)NCc2ccnc(OCc3ccccc3)c2)CC1. The molecular formula is C22H29N5O3. The van der Waals surface area contributed by atoms with Gasteiger partial charge in [-0.15, -0.1) is 0 Å². The summed E-state index contributed by atoms with van der Waals surface area (Å²) in [7, 11) is 1.76. The fourth-order valence-electron chi connectivity index (χ4n) is 3.20. The molecule has 3 rings (SSSR count). The summed E-state index contributed by atoms with van der Waals surface area (Å²) in [6, 6.07) is 13.9. The molecule has 0 unspecified atom stereocenters. The number of rotatable bonds is 6. The summed E-state index contributed by atoms with van der Waals surface area (Å²) >= 11 is 0. The van der Waals surface area contributed by atoms with E-state index < -0.39 is 0 Å². The second kappa shape index (κ2) is 11.0. The first-order valence-electron chi connectivity index (χ1n) is 10.2. The highest BCUT2D eigenvalue weighted by Crippen LogP contribution is 2.12. The molecule has 1 aliphatic heterocycles. The molecule has 8 nitrogen and oxygen atoms in total. The van der Waals surface area contributed by atoms with Gasteiger partial charge in [0.25, 0.3) is 0 Å². The van der Waals surface area contributed by atoms with Crippen molar-refractivity contribution in [2.45, 2.75) is 20.1 Å². The number of nitrogens with zero attached hydrogens (tertiary/aromatic N) is 4. The third-order valence-electron chi connectivity index (χ3n) is 4.80. The quantitative estimate of drug-likeness (QED) is 0.581. The van der Waals surface area contributed by atoms with Gasteiger partial charge in [-0.25, -0.2) is 9.78 Å². The first kappa shape index (κ1) is 21.4. The van der Waals surface area contributed by atoms with Crippen LogP contribution in [0.4, 0.5) is 4.79 Å². The third-order valence-corrected chi connectivity index (χ3v) is 4.80. The summed E-state index contributed by atoms with van der Waals surface area (Å²) in [6.07, 6.45) is 1.50. The van der Waals surface area contributed by atoms with Crippen molar-refractivity contribution >= 4 is 12.1 Å². The largest absolute Gasteiger partial charge is 0.473 e. The van der Waals surface area contributed by atoms with Gasteiger partial charge in [0.05, 0.1) is 6.61 Å². The molecular weight excluding hydrogens is 382 g/mol. The minimum Gasteiger partial charge on any atom is -0.473 e. The number of hydrogen-bond donors (Lipinski definition) is 1. The van der Waals surface area contributed by atoms with Gasteiger partial charge < -0.3 is 24.6 Å². The molecule has 30 heavy (non-hydrogen) atoms. The summed E-state index contributed by atoms with van der Waals surface area (Å²) in [5, 5.41) is 3.38. The number of hydrogen-bond acceptors (Lipinski definition) is 5. The number of aliphatic imine (C=N–C) groups is 1. The smallest absolute Gasteiger partial charge is 0.409 e. The predicted molar refractivity (Wildman–Crippen MR) is 115 cm³/mol. The van der Waals surface area contributed by atoms with E-state index in [-0.39, 0.29) is 6.09 Å². The van der Waals surface area contributed by atoms with Gasteiger partial charge in [0, 0.05) is 52.0 Å². The molecule has 1 saturated heterocycles. The molecule has 1 fully saturated rings. The van der Waals surface area contributed by atoms with Crippen LogP contribution in [0.1, 0.15) is 18.1 Å². The van der Waals surface area contributed by atoms with Gasteiger partial charge in [-0.1, -0.05) is 30.3 Å². The number of carbonyl (C=O) groups is 1. The van der Waals surface area contributed by atoms with Crippen LogP contribution in [0.2, 0.25) is 0 Å². The fraction of sp³-hybridized carbons (Fsp3) is 0.409. The van der Waals surface area contributed by atoms with Crippen LogP contribution < -0.4 is 10.1 Å². The number of amides is 1. The van der Waals surface area contributed by atoms with Crippen LogP contribution in [0, 0.1) is 0 Å². The highest BCUT2D eigenvalue weighted by molar-refractivity contribution is 5.80. The number of guanidine groups is 1. The molecule has 1 N–H and O–H groups in total. The average Bonchev–Trinajstić information content (AvgIpc) is 2.80. The van der Waals surface area contributed by atoms with E-state index in [1.165, 1.54) is 0 Å². The maximum absolute atomic E-state index is 11.9. The van der Waals surface area contributed by atoms with Crippen molar-refractivity contribution in [2.24, 2.45) is 4.99 Å². The van der Waals surface area contributed by atoms with Crippen LogP contribution in [-0.2, 0) is 17.9 Å². The van der Waals surface area contributed by atoms with Crippen molar-refractivity contribution < 1.29 is 14.3 Å². The molecule has 0 bridgehead atoms. The summed E-state index contributed by atoms with van der Waals surface area (Å²) < 4.78 is 10.9. The van der Waals surface area contributed by atoms with E-state index in [2.05, 4.69) is 20.2 Å².